The lowest BCUT2D eigenvalue weighted by atomic mass is 10.0. The van der Waals surface area contributed by atoms with Gasteiger partial charge in [0, 0.05) is 28.2 Å². The van der Waals surface area contributed by atoms with E-state index in [1.807, 2.05) is 42.6 Å². The summed E-state index contributed by atoms with van der Waals surface area (Å²) in [6.07, 6.45) is 3.79. The van der Waals surface area contributed by atoms with Gasteiger partial charge in [0.25, 0.3) is 0 Å². The number of hydrogen-bond acceptors (Lipinski definition) is 2. The maximum Gasteiger partial charge on any atom is 0.0723 e. The Morgan fingerprint density at radius 3 is 2.62 bits per heavy atom. The first-order valence-electron chi connectivity index (χ1n) is 6.78. The number of anilines is 1. The summed E-state index contributed by atoms with van der Waals surface area (Å²) in [4.78, 5) is 4.57. The van der Waals surface area contributed by atoms with Gasteiger partial charge >= 0.3 is 0 Å². The van der Waals surface area contributed by atoms with E-state index in [1.54, 1.807) is 0 Å². The van der Waals surface area contributed by atoms with Gasteiger partial charge in [-0.1, -0.05) is 52.3 Å². The Balaban J connectivity index is 2.20. The lowest BCUT2D eigenvalue weighted by molar-refractivity contribution is 1.33. The summed E-state index contributed by atoms with van der Waals surface area (Å²) in [5.41, 5.74) is 4.33. The highest BCUT2D eigenvalue weighted by Gasteiger charge is 2.09. The van der Waals surface area contributed by atoms with Crippen molar-refractivity contribution in [3.63, 3.8) is 0 Å². The molecule has 0 unspecified atom stereocenters. The molecule has 0 radical (unpaired) electrons. The fourth-order valence-corrected chi connectivity index (χ4v) is 2.62. The van der Waals surface area contributed by atoms with E-state index in [4.69, 9.17) is 0 Å². The Bertz CT molecular complexity index is 779. The van der Waals surface area contributed by atoms with Gasteiger partial charge in [-0.05, 0) is 23.8 Å². The molecule has 3 rings (SSSR count). The van der Waals surface area contributed by atoms with E-state index in [1.165, 1.54) is 0 Å². The van der Waals surface area contributed by atoms with Crippen molar-refractivity contribution in [2.45, 2.75) is 0 Å². The molecule has 0 aliphatic heterocycles. The van der Waals surface area contributed by atoms with Crippen molar-refractivity contribution in [2.75, 3.05) is 11.9 Å². The highest BCUT2D eigenvalue weighted by molar-refractivity contribution is 9.10. The third-order valence-electron chi connectivity index (χ3n) is 3.35. The van der Waals surface area contributed by atoms with Crippen LogP contribution in [-0.4, -0.2) is 11.5 Å². The normalized spacial score (nSPS) is 10.5. The van der Waals surface area contributed by atoms with Crippen LogP contribution in [0.5, 0.6) is 0 Å². The third kappa shape index (κ3) is 2.83. The van der Waals surface area contributed by atoms with Crippen LogP contribution in [0.25, 0.3) is 22.0 Å². The van der Waals surface area contributed by atoms with Gasteiger partial charge in [-0.25, -0.2) is 0 Å². The number of benzene rings is 2. The molecule has 3 aromatic rings. The first-order chi connectivity index (χ1) is 10.3. The Kier molecular flexibility index (Phi) is 4.02. The first-order valence-corrected chi connectivity index (χ1v) is 7.57. The minimum absolute atomic E-state index is 0.720. The van der Waals surface area contributed by atoms with E-state index in [9.17, 15) is 0 Å². The van der Waals surface area contributed by atoms with Crippen molar-refractivity contribution in [1.82, 2.24) is 4.98 Å². The van der Waals surface area contributed by atoms with E-state index >= 15 is 0 Å². The number of aromatic nitrogens is 1. The number of nitrogens with zero attached hydrogens (tertiary/aromatic N) is 1. The Morgan fingerprint density at radius 2 is 1.86 bits per heavy atom. The molecule has 0 amide bonds. The number of hydrogen-bond donors (Lipinski definition) is 1. The molecular weight excluding hydrogens is 324 g/mol. The number of halogens is 1. The van der Waals surface area contributed by atoms with Gasteiger partial charge < -0.3 is 5.32 Å². The molecular formula is C18H15BrN2. The summed E-state index contributed by atoms with van der Waals surface area (Å²) < 4.78 is 1.07. The molecule has 0 spiro atoms. The van der Waals surface area contributed by atoms with Crippen molar-refractivity contribution >= 4 is 32.5 Å². The molecule has 0 saturated carbocycles. The lowest BCUT2D eigenvalue weighted by Gasteiger charge is -2.14. The zero-order valence-corrected chi connectivity index (χ0v) is 13.1. The second-order valence-electron chi connectivity index (χ2n) is 4.74. The van der Waals surface area contributed by atoms with Gasteiger partial charge in [-0.3, -0.25) is 4.98 Å². The van der Waals surface area contributed by atoms with Gasteiger partial charge in [0.2, 0.25) is 0 Å². The first kappa shape index (κ1) is 13.8. The van der Waals surface area contributed by atoms with Crippen LogP contribution >= 0.6 is 15.9 Å². The standard InChI is InChI=1S/C18H15BrN2/c1-2-11-20-18-15-5-3-4-6-17(15)21-12-16(18)13-7-9-14(19)10-8-13/h2-10,12H,1,11H2,(H,20,21). The molecule has 0 bridgehead atoms. The number of pyridine rings is 1. The zero-order valence-electron chi connectivity index (χ0n) is 11.5. The molecule has 1 N–H and O–H groups in total. The van der Waals surface area contributed by atoms with Crippen LogP contribution in [0.4, 0.5) is 5.69 Å². The quantitative estimate of drug-likeness (QED) is 0.656. The molecule has 0 saturated heterocycles. The minimum atomic E-state index is 0.720. The molecule has 0 atom stereocenters. The average molecular weight is 339 g/mol. The average Bonchev–Trinajstić information content (AvgIpc) is 2.53. The SMILES string of the molecule is C=CCNc1c(-c2ccc(Br)cc2)cnc2ccccc12. The van der Waals surface area contributed by atoms with Gasteiger partial charge in [0.15, 0.2) is 0 Å². The summed E-state index contributed by atoms with van der Waals surface area (Å²) in [6.45, 7) is 4.51. The van der Waals surface area contributed by atoms with Crippen LogP contribution in [0.2, 0.25) is 0 Å². The van der Waals surface area contributed by atoms with Crippen molar-refractivity contribution in [3.05, 3.63) is 71.9 Å². The maximum absolute atomic E-state index is 4.57. The second kappa shape index (κ2) is 6.10. The van der Waals surface area contributed by atoms with Gasteiger partial charge in [0.1, 0.15) is 0 Å². The van der Waals surface area contributed by atoms with Crippen molar-refractivity contribution in [1.29, 1.82) is 0 Å². The summed E-state index contributed by atoms with van der Waals surface area (Å²) in [6, 6.07) is 16.4. The molecule has 2 aromatic carbocycles. The largest absolute Gasteiger partial charge is 0.380 e. The van der Waals surface area contributed by atoms with Crippen LogP contribution in [0.3, 0.4) is 0 Å². The van der Waals surface area contributed by atoms with Crippen molar-refractivity contribution in [3.8, 4) is 11.1 Å². The third-order valence-corrected chi connectivity index (χ3v) is 3.88. The molecule has 1 aromatic heterocycles. The fraction of sp³-hybridized carbons (Fsp3) is 0.0556. The smallest absolute Gasteiger partial charge is 0.0723 e. The minimum Gasteiger partial charge on any atom is -0.380 e. The highest BCUT2D eigenvalue weighted by Crippen LogP contribution is 2.33. The number of nitrogens with one attached hydrogen (secondary N) is 1. The summed E-state index contributed by atoms with van der Waals surface area (Å²) in [5, 5.41) is 4.57. The van der Waals surface area contributed by atoms with Crippen molar-refractivity contribution in [2.24, 2.45) is 0 Å². The topological polar surface area (TPSA) is 24.9 Å². The number of fused-ring (bicyclic) bond motifs is 1. The lowest BCUT2D eigenvalue weighted by Crippen LogP contribution is -2.01. The Labute approximate surface area is 132 Å². The molecule has 2 nitrogen and oxygen atoms in total. The highest BCUT2D eigenvalue weighted by atomic mass is 79.9. The summed E-state index contributed by atoms with van der Waals surface area (Å²) >= 11 is 3.47. The molecule has 104 valence electrons. The maximum atomic E-state index is 4.57. The molecule has 0 aliphatic carbocycles. The summed E-state index contributed by atoms with van der Waals surface area (Å²) in [5.74, 6) is 0. The van der Waals surface area contributed by atoms with Gasteiger partial charge in [-0.15, -0.1) is 6.58 Å². The Morgan fingerprint density at radius 1 is 1.10 bits per heavy atom. The van der Waals surface area contributed by atoms with Crippen LogP contribution in [0, 0.1) is 0 Å². The molecule has 21 heavy (non-hydrogen) atoms. The molecule has 0 fully saturated rings. The van der Waals surface area contributed by atoms with Crippen LogP contribution in [0.15, 0.2) is 71.9 Å². The molecule has 3 heteroatoms. The number of para-hydroxylation sites is 1. The second-order valence-corrected chi connectivity index (χ2v) is 5.66. The summed E-state index contributed by atoms with van der Waals surface area (Å²) in [7, 11) is 0. The van der Waals surface area contributed by atoms with Gasteiger partial charge in [0.05, 0.1) is 11.2 Å². The van der Waals surface area contributed by atoms with E-state index in [-0.39, 0.29) is 0 Å². The molecule has 1 heterocycles. The van der Waals surface area contributed by atoms with E-state index < -0.39 is 0 Å². The van der Waals surface area contributed by atoms with Crippen LogP contribution in [0.1, 0.15) is 0 Å². The van der Waals surface area contributed by atoms with Crippen LogP contribution in [-0.2, 0) is 0 Å². The van der Waals surface area contributed by atoms with E-state index in [0.717, 1.165) is 38.7 Å². The predicted molar refractivity (Wildman–Crippen MR) is 93.6 cm³/mol. The predicted octanol–water partition coefficient (Wildman–Crippen LogP) is 5.26. The zero-order chi connectivity index (χ0) is 14.7. The van der Waals surface area contributed by atoms with E-state index in [2.05, 4.69) is 51.0 Å². The number of rotatable bonds is 4. The Hall–Kier alpha value is -2.13. The van der Waals surface area contributed by atoms with Gasteiger partial charge in [-0.2, -0.15) is 0 Å². The van der Waals surface area contributed by atoms with Crippen LogP contribution < -0.4 is 5.32 Å². The molecule has 0 aliphatic rings. The van der Waals surface area contributed by atoms with E-state index in [0.29, 0.717) is 0 Å². The fourth-order valence-electron chi connectivity index (χ4n) is 2.35. The monoisotopic (exact) mass is 338 g/mol. The van der Waals surface area contributed by atoms with Crippen molar-refractivity contribution < 1.29 is 0 Å².